The van der Waals surface area contributed by atoms with Gasteiger partial charge in [0, 0.05) is 56.9 Å². The molecule has 0 aliphatic carbocycles. The van der Waals surface area contributed by atoms with Gasteiger partial charge in [0.1, 0.15) is 5.75 Å². The van der Waals surface area contributed by atoms with Crippen LogP contribution in [0.5, 0.6) is 5.75 Å². The van der Waals surface area contributed by atoms with Crippen LogP contribution in [-0.4, -0.2) is 68.6 Å². The summed E-state index contributed by atoms with van der Waals surface area (Å²) in [5.41, 5.74) is 2.86. The topological polar surface area (TPSA) is 65.1 Å². The lowest BCUT2D eigenvalue weighted by Crippen LogP contribution is -2.49. The summed E-state index contributed by atoms with van der Waals surface area (Å²) in [5.74, 6) is 1.19. The van der Waals surface area contributed by atoms with Gasteiger partial charge in [0.25, 0.3) is 5.91 Å². The predicted octanol–water partition coefficient (Wildman–Crippen LogP) is 4.18. The van der Waals surface area contributed by atoms with E-state index in [-0.39, 0.29) is 23.8 Å². The van der Waals surface area contributed by atoms with Gasteiger partial charge >= 0.3 is 0 Å². The number of rotatable bonds is 8. The lowest BCUT2D eigenvalue weighted by Gasteiger charge is -2.38. The highest BCUT2D eigenvalue weighted by Crippen LogP contribution is 2.30. The Morgan fingerprint density at radius 2 is 1.50 bits per heavy atom. The zero-order valence-corrected chi connectivity index (χ0v) is 21.9. The molecule has 2 aliphatic heterocycles. The minimum Gasteiger partial charge on any atom is -0.492 e. The first-order chi connectivity index (χ1) is 17.5. The molecule has 1 unspecified atom stereocenters. The molecule has 0 spiro atoms. The van der Waals surface area contributed by atoms with Crippen molar-refractivity contribution >= 4 is 23.2 Å². The summed E-state index contributed by atoms with van der Waals surface area (Å²) in [6, 6.07) is 16.3. The lowest BCUT2D eigenvalue weighted by molar-refractivity contribution is -0.125. The first-order valence-corrected chi connectivity index (χ1v) is 13.4. The summed E-state index contributed by atoms with van der Waals surface area (Å²) in [6.07, 6.45) is 2.64. The third kappa shape index (κ3) is 5.94. The Hall–Kier alpha value is -3.22. The van der Waals surface area contributed by atoms with E-state index in [1.54, 1.807) is 0 Å². The van der Waals surface area contributed by atoms with Crippen molar-refractivity contribution in [1.29, 1.82) is 0 Å². The Kier molecular flexibility index (Phi) is 8.73. The second-order valence-corrected chi connectivity index (χ2v) is 9.78. The zero-order chi connectivity index (χ0) is 25.5. The molecule has 7 heteroatoms. The van der Waals surface area contributed by atoms with Crippen LogP contribution in [0.15, 0.2) is 48.5 Å². The Morgan fingerprint density at radius 1 is 0.889 bits per heavy atom. The Morgan fingerprint density at radius 3 is 2.17 bits per heavy atom. The number of nitrogens with one attached hydrogen (secondary N) is 1. The largest absolute Gasteiger partial charge is 0.492 e. The summed E-state index contributed by atoms with van der Waals surface area (Å²) < 4.78 is 5.81. The zero-order valence-electron chi connectivity index (χ0n) is 21.9. The van der Waals surface area contributed by atoms with Gasteiger partial charge in [-0.2, -0.15) is 0 Å². The molecule has 1 atom stereocenters. The van der Waals surface area contributed by atoms with Crippen molar-refractivity contribution in [2.75, 3.05) is 55.7 Å². The van der Waals surface area contributed by atoms with Gasteiger partial charge in [-0.05, 0) is 50.5 Å². The van der Waals surface area contributed by atoms with Crippen molar-refractivity contribution < 1.29 is 14.3 Å². The monoisotopic (exact) mass is 492 g/mol. The average molecular weight is 493 g/mol. The second-order valence-electron chi connectivity index (χ2n) is 9.78. The van der Waals surface area contributed by atoms with E-state index in [9.17, 15) is 9.59 Å². The standard InChI is InChI=1S/C29H40N4O3/c1-4-22(3)28(34)30-23-14-16-31(17-15-23)25-11-7-6-10-24(25)29(35)33-20-18-32(19-21-33)26-12-8-9-13-27(26)36-5-2/h6-13,22-23H,4-5,14-21H2,1-3H3,(H,30,34). The molecular formula is C29H40N4O3. The van der Waals surface area contributed by atoms with Gasteiger partial charge in [0.2, 0.25) is 5.91 Å². The maximum Gasteiger partial charge on any atom is 0.256 e. The molecule has 0 saturated carbocycles. The van der Waals surface area contributed by atoms with Crippen molar-refractivity contribution in [3.8, 4) is 5.75 Å². The Bertz CT molecular complexity index is 1030. The van der Waals surface area contributed by atoms with Gasteiger partial charge in [0.05, 0.1) is 17.9 Å². The maximum absolute atomic E-state index is 13.6. The smallest absolute Gasteiger partial charge is 0.256 e. The summed E-state index contributed by atoms with van der Waals surface area (Å²) >= 11 is 0. The fourth-order valence-corrected chi connectivity index (χ4v) is 5.04. The molecule has 2 amide bonds. The number of carbonyl (C=O) groups excluding carboxylic acids is 2. The summed E-state index contributed by atoms with van der Waals surface area (Å²) in [5, 5.41) is 3.21. The van der Waals surface area contributed by atoms with Gasteiger partial charge in [-0.25, -0.2) is 0 Å². The Labute approximate surface area is 215 Å². The molecule has 2 fully saturated rings. The number of anilines is 2. The van der Waals surface area contributed by atoms with Gasteiger partial charge < -0.3 is 24.8 Å². The summed E-state index contributed by atoms with van der Waals surface area (Å²) in [4.78, 5) is 32.5. The van der Waals surface area contributed by atoms with Crippen molar-refractivity contribution in [3.63, 3.8) is 0 Å². The highest BCUT2D eigenvalue weighted by Gasteiger charge is 2.28. The number of hydrogen-bond acceptors (Lipinski definition) is 5. The number of carbonyl (C=O) groups is 2. The van der Waals surface area contributed by atoms with Crippen LogP contribution in [0.25, 0.3) is 0 Å². The van der Waals surface area contributed by atoms with E-state index >= 15 is 0 Å². The third-order valence-corrected chi connectivity index (χ3v) is 7.45. The molecule has 2 saturated heterocycles. The predicted molar refractivity (Wildman–Crippen MR) is 145 cm³/mol. The first-order valence-electron chi connectivity index (χ1n) is 13.4. The molecule has 2 aliphatic rings. The normalized spacial score (nSPS) is 17.6. The molecule has 4 rings (SSSR count). The third-order valence-electron chi connectivity index (χ3n) is 7.45. The fourth-order valence-electron chi connectivity index (χ4n) is 5.04. The van der Waals surface area contributed by atoms with Gasteiger partial charge in [-0.3, -0.25) is 9.59 Å². The maximum atomic E-state index is 13.6. The van der Waals surface area contributed by atoms with Crippen molar-refractivity contribution in [2.24, 2.45) is 5.92 Å². The number of nitrogens with zero attached hydrogens (tertiary/aromatic N) is 3. The van der Waals surface area contributed by atoms with E-state index < -0.39 is 0 Å². The van der Waals surface area contributed by atoms with Gasteiger partial charge in [-0.1, -0.05) is 38.1 Å². The number of amides is 2. The quantitative estimate of drug-likeness (QED) is 0.599. The molecule has 0 aromatic heterocycles. The number of para-hydroxylation sites is 3. The Balaban J connectivity index is 1.37. The molecule has 2 aromatic rings. The summed E-state index contributed by atoms with van der Waals surface area (Å²) in [7, 11) is 0. The molecule has 0 bridgehead atoms. The van der Waals surface area contributed by atoms with E-state index in [1.165, 1.54) is 0 Å². The van der Waals surface area contributed by atoms with Crippen molar-refractivity contribution in [1.82, 2.24) is 10.2 Å². The highest BCUT2D eigenvalue weighted by atomic mass is 16.5. The minimum atomic E-state index is 0.0505. The van der Waals surface area contributed by atoms with Crippen LogP contribution in [0.3, 0.4) is 0 Å². The minimum absolute atomic E-state index is 0.0505. The van der Waals surface area contributed by atoms with Crippen LogP contribution in [0.1, 0.15) is 50.4 Å². The van der Waals surface area contributed by atoms with E-state index in [2.05, 4.69) is 27.2 Å². The molecule has 0 radical (unpaired) electrons. The van der Waals surface area contributed by atoms with Gasteiger partial charge in [-0.15, -0.1) is 0 Å². The molecule has 2 aromatic carbocycles. The van der Waals surface area contributed by atoms with Crippen molar-refractivity contribution in [2.45, 2.75) is 46.1 Å². The van der Waals surface area contributed by atoms with E-state index in [0.29, 0.717) is 19.7 Å². The van der Waals surface area contributed by atoms with Gasteiger partial charge in [0.15, 0.2) is 0 Å². The molecule has 7 nitrogen and oxygen atoms in total. The molecule has 194 valence electrons. The van der Waals surface area contributed by atoms with Crippen LogP contribution in [-0.2, 0) is 4.79 Å². The molecular weight excluding hydrogens is 452 g/mol. The number of hydrogen-bond donors (Lipinski definition) is 1. The average Bonchev–Trinajstić information content (AvgIpc) is 2.93. The van der Waals surface area contributed by atoms with E-state index in [4.69, 9.17) is 4.74 Å². The highest BCUT2D eigenvalue weighted by molar-refractivity contribution is 6.00. The van der Waals surface area contributed by atoms with Crippen molar-refractivity contribution in [3.05, 3.63) is 54.1 Å². The fraction of sp³-hybridized carbons (Fsp3) is 0.517. The SMILES string of the molecule is CCOc1ccccc1N1CCN(C(=O)c2ccccc2N2CCC(NC(=O)C(C)CC)CC2)CC1. The molecule has 2 heterocycles. The van der Waals surface area contributed by atoms with Crippen LogP contribution in [0.2, 0.25) is 0 Å². The van der Waals surface area contributed by atoms with Crippen LogP contribution >= 0.6 is 0 Å². The van der Waals surface area contributed by atoms with Crippen LogP contribution < -0.4 is 19.9 Å². The second kappa shape index (κ2) is 12.2. The van der Waals surface area contributed by atoms with E-state index in [1.807, 2.05) is 62.1 Å². The first kappa shape index (κ1) is 25.9. The van der Waals surface area contributed by atoms with E-state index in [0.717, 1.165) is 68.1 Å². The number of benzene rings is 2. The van der Waals surface area contributed by atoms with Crippen LogP contribution in [0.4, 0.5) is 11.4 Å². The number of piperazine rings is 1. The van der Waals surface area contributed by atoms with Crippen LogP contribution in [0, 0.1) is 5.92 Å². The number of piperidine rings is 1. The molecule has 36 heavy (non-hydrogen) atoms. The summed E-state index contributed by atoms with van der Waals surface area (Å²) in [6.45, 7) is 11.2. The lowest BCUT2D eigenvalue weighted by atomic mass is 10.0. The molecule has 1 N–H and O–H groups in total. The number of ether oxygens (including phenoxy) is 1.